The van der Waals surface area contributed by atoms with Crippen molar-refractivity contribution in [3.63, 3.8) is 0 Å². The van der Waals surface area contributed by atoms with Crippen LogP contribution in [0.15, 0.2) is 0 Å². The molecule has 0 bridgehead atoms. The fraction of sp³-hybridized carbons (Fsp3) is 1.00. The average molecular weight is 284 g/mol. The Kier molecular flexibility index (Phi) is 7.49. The Labute approximate surface area is 126 Å². The number of nitrogens with one attached hydrogen (secondary N) is 1. The molecule has 0 aromatic heterocycles. The molecule has 1 heterocycles. The van der Waals surface area contributed by atoms with Crippen LogP contribution in [-0.4, -0.2) is 48.8 Å². The van der Waals surface area contributed by atoms with E-state index in [0.29, 0.717) is 11.5 Å². The van der Waals surface area contributed by atoms with Gasteiger partial charge in [0.25, 0.3) is 0 Å². The van der Waals surface area contributed by atoms with Crippen LogP contribution in [0.1, 0.15) is 53.9 Å². The van der Waals surface area contributed by atoms with E-state index in [4.69, 9.17) is 0 Å². The van der Waals surface area contributed by atoms with Crippen molar-refractivity contribution < 1.29 is 5.11 Å². The number of aliphatic hydroxyl groups is 1. The minimum Gasteiger partial charge on any atom is -0.395 e. The van der Waals surface area contributed by atoms with Gasteiger partial charge < -0.3 is 10.4 Å². The zero-order valence-corrected chi connectivity index (χ0v) is 14.3. The van der Waals surface area contributed by atoms with Crippen molar-refractivity contribution in [1.82, 2.24) is 10.2 Å². The van der Waals surface area contributed by atoms with Gasteiger partial charge in [0, 0.05) is 25.7 Å². The number of β-amino-alcohol motifs (C(OH)–C–C–N with tert-alkyl or cyclic N) is 1. The van der Waals surface area contributed by atoms with E-state index < -0.39 is 0 Å². The molecular weight excluding hydrogens is 248 g/mol. The lowest BCUT2D eigenvalue weighted by molar-refractivity contribution is 0.0958. The SMILES string of the molecule is CC(C)CCNC1CC(CC(C)(C)C)CN(CCO)C1. The number of rotatable bonds is 7. The maximum absolute atomic E-state index is 9.21. The van der Waals surface area contributed by atoms with E-state index in [1.54, 1.807) is 0 Å². The second-order valence-corrected chi connectivity index (χ2v) is 8.18. The van der Waals surface area contributed by atoms with E-state index in [-0.39, 0.29) is 6.61 Å². The number of piperidine rings is 1. The molecule has 3 heteroatoms. The van der Waals surface area contributed by atoms with Gasteiger partial charge in [-0.05, 0) is 43.1 Å². The maximum Gasteiger partial charge on any atom is 0.0558 e. The second kappa shape index (κ2) is 8.35. The molecule has 1 aliphatic heterocycles. The normalized spacial score (nSPS) is 25.4. The molecule has 0 aliphatic carbocycles. The lowest BCUT2D eigenvalue weighted by Gasteiger charge is -2.40. The molecule has 0 radical (unpaired) electrons. The number of hydrogen-bond donors (Lipinski definition) is 2. The van der Waals surface area contributed by atoms with Gasteiger partial charge in [-0.2, -0.15) is 0 Å². The Morgan fingerprint density at radius 1 is 1.25 bits per heavy atom. The molecule has 2 atom stereocenters. The fourth-order valence-corrected chi connectivity index (χ4v) is 3.36. The van der Waals surface area contributed by atoms with Crippen LogP contribution in [0.5, 0.6) is 0 Å². The van der Waals surface area contributed by atoms with Gasteiger partial charge >= 0.3 is 0 Å². The summed E-state index contributed by atoms with van der Waals surface area (Å²) in [6.45, 7) is 16.0. The monoisotopic (exact) mass is 284 g/mol. The number of hydrogen-bond acceptors (Lipinski definition) is 3. The van der Waals surface area contributed by atoms with Crippen molar-refractivity contribution in [2.45, 2.75) is 59.9 Å². The minimum atomic E-state index is 0.279. The summed E-state index contributed by atoms with van der Waals surface area (Å²) >= 11 is 0. The summed E-state index contributed by atoms with van der Waals surface area (Å²) in [4.78, 5) is 2.44. The lowest BCUT2D eigenvalue weighted by Crippen LogP contribution is -2.50. The van der Waals surface area contributed by atoms with Crippen molar-refractivity contribution in [3.8, 4) is 0 Å². The lowest BCUT2D eigenvalue weighted by atomic mass is 9.80. The first-order valence-electron chi connectivity index (χ1n) is 8.36. The van der Waals surface area contributed by atoms with Gasteiger partial charge in [0.05, 0.1) is 6.61 Å². The van der Waals surface area contributed by atoms with Gasteiger partial charge in [-0.15, -0.1) is 0 Å². The third kappa shape index (κ3) is 7.61. The van der Waals surface area contributed by atoms with E-state index in [1.165, 1.54) is 19.3 Å². The van der Waals surface area contributed by atoms with Crippen molar-refractivity contribution in [3.05, 3.63) is 0 Å². The molecule has 0 spiro atoms. The molecule has 2 unspecified atom stereocenters. The Balaban J connectivity index is 2.47. The highest BCUT2D eigenvalue weighted by Gasteiger charge is 2.29. The molecule has 1 rings (SSSR count). The summed E-state index contributed by atoms with van der Waals surface area (Å²) in [6, 6.07) is 0.599. The molecule has 0 amide bonds. The minimum absolute atomic E-state index is 0.279. The van der Waals surface area contributed by atoms with Gasteiger partial charge in [-0.1, -0.05) is 34.6 Å². The van der Waals surface area contributed by atoms with Crippen LogP contribution < -0.4 is 5.32 Å². The molecule has 1 saturated heterocycles. The molecule has 2 N–H and O–H groups in total. The highest BCUT2D eigenvalue weighted by atomic mass is 16.3. The number of likely N-dealkylation sites (tertiary alicyclic amines) is 1. The van der Waals surface area contributed by atoms with Gasteiger partial charge in [-0.25, -0.2) is 0 Å². The van der Waals surface area contributed by atoms with Crippen molar-refractivity contribution in [2.75, 3.05) is 32.8 Å². The zero-order valence-electron chi connectivity index (χ0n) is 14.3. The molecule has 120 valence electrons. The smallest absolute Gasteiger partial charge is 0.0558 e. The fourth-order valence-electron chi connectivity index (χ4n) is 3.36. The highest BCUT2D eigenvalue weighted by molar-refractivity contribution is 4.85. The summed E-state index contributed by atoms with van der Waals surface area (Å²) in [7, 11) is 0. The summed E-state index contributed by atoms with van der Waals surface area (Å²) in [5, 5.41) is 12.9. The third-order valence-electron chi connectivity index (χ3n) is 4.08. The predicted molar refractivity (Wildman–Crippen MR) is 87.0 cm³/mol. The zero-order chi connectivity index (χ0) is 15.2. The maximum atomic E-state index is 9.21. The van der Waals surface area contributed by atoms with Crippen LogP contribution in [0.25, 0.3) is 0 Å². The van der Waals surface area contributed by atoms with Crippen LogP contribution in [0.2, 0.25) is 0 Å². The molecule has 1 fully saturated rings. The summed E-state index contributed by atoms with van der Waals surface area (Å²) in [5.74, 6) is 1.52. The van der Waals surface area contributed by atoms with Crippen molar-refractivity contribution in [2.24, 2.45) is 17.3 Å². The van der Waals surface area contributed by atoms with Crippen LogP contribution in [-0.2, 0) is 0 Å². The van der Waals surface area contributed by atoms with Gasteiger partial charge in [0.15, 0.2) is 0 Å². The standard InChI is InChI=1S/C17H36N2O/c1-14(2)6-7-18-16-10-15(11-17(3,4)5)12-19(13-16)8-9-20/h14-16,18,20H,6-13H2,1-5H3. The Hall–Kier alpha value is -0.120. The predicted octanol–water partition coefficient (Wildman–Crippen LogP) is 2.74. The summed E-state index contributed by atoms with van der Waals surface area (Å²) in [6.07, 6.45) is 3.81. The van der Waals surface area contributed by atoms with E-state index in [1.807, 2.05) is 0 Å². The molecule has 0 saturated carbocycles. The second-order valence-electron chi connectivity index (χ2n) is 8.18. The molecule has 3 nitrogen and oxygen atoms in total. The van der Waals surface area contributed by atoms with Gasteiger partial charge in [-0.3, -0.25) is 4.90 Å². The summed E-state index contributed by atoms with van der Waals surface area (Å²) in [5.41, 5.74) is 0.398. The van der Waals surface area contributed by atoms with Crippen LogP contribution in [0.3, 0.4) is 0 Å². The van der Waals surface area contributed by atoms with E-state index in [2.05, 4.69) is 44.8 Å². The van der Waals surface area contributed by atoms with E-state index in [0.717, 1.165) is 38.0 Å². The molecular formula is C17H36N2O. The first kappa shape index (κ1) is 17.9. The van der Waals surface area contributed by atoms with E-state index >= 15 is 0 Å². The van der Waals surface area contributed by atoms with Crippen LogP contribution in [0, 0.1) is 17.3 Å². The Morgan fingerprint density at radius 3 is 2.50 bits per heavy atom. The van der Waals surface area contributed by atoms with Crippen molar-refractivity contribution >= 4 is 0 Å². The summed E-state index contributed by atoms with van der Waals surface area (Å²) < 4.78 is 0. The largest absolute Gasteiger partial charge is 0.395 e. The van der Waals surface area contributed by atoms with E-state index in [9.17, 15) is 5.11 Å². The number of nitrogens with zero attached hydrogens (tertiary/aromatic N) is 1. The molecule has 1 aliphatic rings. The van der Waals surface area contributed by atoms with Crippen molar-refractivity contribution in [1.29, 1.82) is 0 Å². The average Bonchev–Trinajstić information content (AvgIpc) is 2.26. The van der Waals surface area contributed by atoms with Gasteiger partial charge in [0.2, 0.25) is 0 Å². The Morgan fingerprint density at radius 2 is 1.95 bits per heavy atom. The van der Waals surface area contributed by atoms with Crippen LogP contribution in [0.4, 0.5) is 0 Å². The first-order chi connectivity index (χ1) is 9.30. The third-order valence-corrected chi connectivity index (χ3v) is 4.08. The topological polar surface area (TPSA) is 35.5 Å². The first-order valence-corrected chi connectivity index (χ1v) is 8.36. The molecule has 20 heavy (non-hydrogen) atoms. The molecule has 0 aromatic carbocycles. The van der Waals surface area contributed by atoms with Gasteiger partial charge in [0.1, 0.15) is 0 Å². The Bertz CT molecular complexity index is 260. The number of aliphatic hydroxyl groups excluding tert-OH is 1. The quantitative estimate of drug-likeness (QED) is 0.754. The highest BCUT2D eigenvalue weighted by Crippen LogP contribution is 2.30. The molecule has 0 aromatic rings. The van der Waals surface area contributed by atoms with Crippen LogP contribution >= 0.6 is 0 Å².